The maximum atomic E-state index is 11.4. The lowest BCUT2D eigenvalue weighted by Gasteiger charge is -2.27. The number of hydrogen-bond acceptors (Lipinski definition) is 8. The summed E-state index contributed by atoms with van der Waals surface area (Å²) >= 11 is 6.16. The molecule has 0 aliphatic heterocycles. The number of aryl methyl sites for hydroxylation is 1. The van der Waals surface area contributed by atoms with Crippen molar-refractivity contribution in [2.24, 2.45) is 11.1 Å². The van der Waals surface area contributed by atoms with Crippen molar-refractivity contribution >= 4 is 30.4 Å². The number of pyridine rings is 1. The first kappa shape index (κ1) is 37.9. The van der Waals surface area contributed by atoms with Gasteiger partial charge in [0, 0.05) is 44.5 Å². The quantitative estimate of drug-likeness (QED) is 0.196. The Labute approximate surface area is 240 Å². The monoisotopic (exact) mass is 561 g/mol. The molecule has 0 saturated heterocycles. The van der Waals surface area contributed by atoms with E-state index >= 15 is 0 Å². The Morgan fingerprint density at radius 1 is 1.18 bits per heavy atom. The van der Waals surface area contributed by atoms with Gasteiger partial charge in [0.1, 0.15) is 12.5 Å². The van der Waals surface area contributed by atoms with Crippen LogP contribution in [0, 0.1) is 5.41 Å². The second-order valence-corrected chi connectivity index (χ2v) is 9.50. The number of benzene rings is 1. The van der Waals surface area contributed by atoms with Crippen LogP contribution < -0.4 is 21.7 Å². The van der Waals surface area contributed by atoms with Crippen LogP contribution in [0.3, 0.4) is 0 Å². The van der Waals surface area contributed by atoms with E-state index in [1.165, 1.54) is 12.6 Å². The molecule has 8 nitrogen and oxygen atoms in total. The molecular weight excluding hydrogens is 514 g/mol. The number of hydrogen-bond donors (Lipinski definition) is 4. The highest BCUT2D eigenvalue weighted by atomic mass is 35.5. The number of aldehydes is 1. The topological polar surface area (TPSA) is 118 Å². The largest absolute Gasteiger partial charge is 0.388 e. The predicted molar refractivity (Wildman–Crippen MR) is 165 cm³/mol. The number of nitrogens with one attached hydrogen (secondary N) is 3. The minimum absolute atomic E-state index is 0.0754. The van der Waals surface area contributed by atoms with Crippen molar-refractivity contribution in [3.63, 3.8) is 0 Å². The van der Waals surface area contributed by atoms with Gasteiger partial charge in [-0.1, -0.05) is 63.6 Å². The molecule has 0 bridgehead atoms. The standard InChI is InChI=1S/C21H32ClN3O2.C7H9N.CH5N.CH2O/c1-7-8-18-16(9-17(22)12-24-18)11-21(3,4)10-15(2)25-19(13-26)20(23-5)14-27-6;1-8-7-5-3-2-4-6-7;2*1-2/h9,12-13,23,25H,2,7-8,10-11,14H2,1,3-6H3;2-6,8H,1H3;2H2,1H3;1H2/b20-19+;;;. The number of para-hydroxylation sites is 1. The summed E-state index contributed by atoms with van der Waals surface area (Å²) < 4.78 is 5.12. The van der Waals surface area contributed by atoms with E-state index in [-0.39, 0.29) is 5.41 Å². The van der Waals surface area contributed by atoms with E-state index in [4.69, 9.17) is 21.1 Å². The molecule has 0 aliphatic carbocycles. The molecule has 2 aromatic rings. The van der Waals surface area contributed by atoms with Crippen molar-refractivity contribution in [2.45, 2.75) is 46.5 Å². The van der Waals surface area contributed by atoms with Crippen LogP contribution in [0.5, 0.6) is 0 Å². The molecule has 0 unspecified atom stereocenters. The summed E-state index contributed by atoms with van der Waals surface area (Å²) in [5.74, 6) is 0. The van der Waals surface area contributed by atoms with Crippen molar-refractivity contribution < 1.29 is 14.3 Å². The minimum Gasteiger partial charge on any atom is -0.388 e. The zero-order chi connectivity index (χ0) is 30.3. The molecule has 0 spiro atoms. The molecule has 1 aromatic carbocycles. The molecule has 1 heterocycles. The summed E-state index contributed by atoms with van der Waals surface area (Å²) in [5.41, 5.74) is 9.76. The maximum Gasteiger partial charge on any atom is 0.168 e. The molecule has 9 heteroatoms. The third-order valence-electron chi connectivity index (χ3n) is 5.28. The fourth-order valence-electron chi connectivity index (χ4n) is 3.72. The Morgan fingerprint density at radius 2 is 1.79 bits per heavy atom. The summed E-state index contributed by atoms with van der Waals surface area (Å²) in [4.78, 5) is 23.9. The molecular formula is C30H48ClN5O3. The van der Waals surface area contributed by atoms with Gasteiger partial charge in [-0.25, -0.2) is 0 Å². The summed E-state index contributed by atoms with van der Waals surface area (Å²) in [6.45, 7) is 12.9. The van der Waals surface area contributed by atoms with E-state index in [0.29, 0.717) is 29.4 Å². The van der Waals surface area contributed by atoms with Crippen LogP contribution in [0.4, 0.5) is 5.69 Å². The van der Waals surface area contributed by atoms with Gasteiger partial charge in [0.15, 0.2) is 6.29 Å². The molecule has 39 heavy (non-hydrogen) atoms. The molecule has 0 fully saturated rings. The number of aromatic nitrogens is 1. The SMILES string of the molecule is C=C(CC(C)(C)Cc1cc(Cl)cnc1CCC)N/C(C=O)=C(\COC)NC.C=O.CN.CNc1ccccc1. The normalized spacial score (nSPS) is 10.6. The number of rotatable bonds is 13. The predicted octanol–water partition coefficient (Wildman–Crippen LogP) is 5.14. The van der Waals surface area contributed by atoms with Crippen molar-refractivity contribution in [3.05, 3.63) is 82.5 Å². The number of allylic oxidation sites excluding steroid dienone is 2. The van der Waals surface area contributed by atoms with E-state index in [9.17, 15) is 4.79 Å². The molecule has 218 valence electrons. The van der Waals surface area contributed by atoms with Gasteiger partial charge in [-0.2, -0.15) is 0 Å². The average molecular weight is 562 g/mol. The van der Waals surface area contributed by atoms with Gasteiger partial charge < -0.3 is 31.2 Å². The van der Waals surface area contributed by atoms with E-state index in [1.54, 1.807) is 20.4 Å². The maximum absolute atomic E-state index is 11.4. The molecule has 0 aliphatic rings. The van der Waals surface area contributed by atoms with Gasteiger partial charge in [-0.15, -0.1) is 0 Å². The number of halogens is 1. The number of carbonyl (C=O) groups excluding carboxylic acids is 2. The number of nitrogens with two attached hydrogens (primary N) is 1. The van der Waals surface area contributed by atoms with E-state index in [0.717, 1.165) is 42.6 Å². The van der Waals surface area contributed by atoms with E-state index in [1.807, 2.05) is 50.2 Å². The fourth-order valence-corrected chi connectivity index (χ4v) is 3.91. The average Bonchev–Trinajstić information content (AvgIpc) is 2.94. The zero-order valence-corrected chi connectivity index (χ0v) is 25.5. The first-order valence-electron chi connectivity index (χ1n) is 12.7. The summed E-state index contributed by atoms with van der Waals surface area (Å²) in [6.07, 6.45) is 5.99. The van der Waals surface area contributed by atoms with Crippen LogP contribution in [0.25, 0.3) is 0 Å². The van der Waals surface area contributed by atoms with Gasteiger partial charge in [-0.05, 0) is 55.5 Å². The fraction of sp³-hybridized carbons (Fsp3) is 0.433. The van der Waals surface area contributed by atoms with Crippen LogP contribution in [0.2, 0.25) is 5.02 Å². The summed E-state index contributed by atoms with van der Waals surface area (Å²) in [6, 6.07) is 12.1. The van der Waals surface area contributed by atoms with Gasteiger partial charge in [0.25, 0.3) is 0 Å². The lowest BCUT2D eigenvalue weighted by Crippen LogP contribution is -2.26. The van der Waals surface area contributed by atoms with Crippen molar-refractivity contribution in [1.82, 2.24) is 15.6 Å². The Kier molecular flexibility index (Phi) is 22.1. The first-order chi connectivity index (χ1) is 18.7. The molecule has 1 aromatic heterocycles. The molecule has 5 N–H and O–H groups in total. The third-order valence-corrected chi connectivity index (χ3v) is 5.49. The highest BCUT2D eigenvalue weighted by Crippen LogP contribution is 2.31. The highest BCUT2D eigenvalue weighted by molar-refractivity contribution is 6.30. The second kappa shape index (κ2) is 22.8. The first-order valence-corrected chi connectivity index (χ1v) is 13.1. The number of likely N-dealkylation sites (N-methyl/N-ethyl adjacent to an activating group) is 1. The van der Waals surface area contributed by atoms with Gasteiger partial charge >= 0.3 is 0 Å². The van der Waals surface area contributed by atoms with E-state index < -0.39 is 0 Å². The van der Waals surface area contributed by atoms with Gasteiger partial charge in [0.2, 0.25) is 0 Å². The van der Waals surface area contributed by atoms with Crippen molar-refractivity contribution in [3.8, 4) is 0 Å². The smallest absolute Gasteiger partial charge is 0.168 e. The molecule has 0 amide bonds. The summed E-state index contributed by atoms with van der Waals surface area (Å²) in [7, 11) is 6.76. The van der Waals surface area contributed by atoms with Crippen molar-refractivity contribution in [2.75, 3.05) is 40.2 Å². The van der Waals surface area contributed by atoms with Crippen LogP contribution in [0.15, 0.2) is 66.3 Å². The lowest BCUT2D eigenvalue weighted by atomic mass is 9.81. The minimum atomic E-state index is -0.0754. The molecule has 0 atom stereocenters. The Hall–Kier alpha value is -3.20. The number of methoxy groups -OCH3 is 1. The van der Waals surface area contributed by atoms with Gasteiger partial charge in [0.05, 0.1) is 17.3 Å². The number of anilines is 1. The summed E-state index contributed by atoms with van der Waals surface area (Å²) in [5, 5.41) is 9.80. The Morgan fingerprint density at radius 3 is 2.26 bits per heavy atom. The van der Waals surface area contributed by atoms with E-state index in [2.05, 4.69) is 54.0 Å². The van der Waals surface area contributed by atoms with Crippen LogP contribution in [0.1, 0.15) is 44.9 Å². The van der Waals surface area contributed by atoms with Crippen LogP contribution >= 0.6 is 11.6 Å². The molecule has 0 saturated carbocycles. The van der Waals surface area contributed by atoms with Crippen LogP contribution in [-0.4, -0.2) is 52.9 Å². The highest BCUT2D eigenvalue weighted by Gasteiger charge is 2.22. The number of ether oxygens (including phenoxy) is 1. The molecule has 2 rings (SSSR count). The Balaban J connectivity index is 0. The Bertz CT molecular complexity index is 982. The lowest BCUT2D eigenvalue weighted by molar-refractivity contribution is -0.105. The van der Waals surface area contributed by atoms with Crippen molar-refractivity contribution in [1.29, 1.82) is 0 Å². The van der Waals surface area contributed by atoms with Crippen LogP contribution in [-0.2, 0) is 27.2 Å². The number of carbonyl (C=O) groups is 2. The zero-order valence-electron chi connectivity index (χ0n) is 24.7. The van der Waals surface area contributed by atoms with Gasteiger partial charge in [-0.3, -0.25) is 9.78 Å². The number of nitrogens with zero attached hydrogens (tertiary/aromatic N) is 1. The second-order valence-electron chi connectivity index (χ2n) is 9.06. The molecule has 0 radical (unpaired) electrons. The third kappa shape index (κ3) is 16.4.